The summed E-state index contributed by atoms with van der Waals surface area (Å²) in [4.78, 5) is 16.5. The summed E-state index contributed by atoms with van der Waals surface area (Å²) in [6.45, 7) is 2.92. The third kappa shape index (κ3) is 3.57. The number of carbonyl (C=O) groups is 1. The Hall–Kier alpha value is -2.50. The van der Waals surface area contributed by atoms with E-state index in [-0.39, 0.29) is 12.2 Å². The average molecular weight is 429 g/mol. The molecule has 0 fully saturated rings. The fourth-order valence-corrected chi connectivity index (χ4v) is 5.70. The number of oxazole rings is 1. The minimum absolute atomic E-state index is 0.0243. The van der Waals surface area contributed by atoms with Crippen LogP contribution in [0.3, 0.4) is 0 Å². The molecule has 30 heavy (non-hydrogen) atoms. The van der Waals surface area contributed by atoms with Crippen molar-refractivity contribution < 1.29 is 22.7 Å². The first-order chi connectivity index (χ1) is 14.1. The highest BCUT2D eigenvalue weighted by molar-refractivity contribution is 7.91. The molecule has 7 nitrogen and oxygen atoms in total. The van der Waals surface area contributed by atoms with Crippen LogP contribution in [-0.2, 0) is 52.3 Å². The number of aliphatic hydroxyl groups is 1. The largest absolute Gasteiger partial charge is 0.430 e. The molecule has 0 atom stereocenters. The summed E-state index contributed by atoms with van der Waals surface area (Å²) in [6, 6.07) is 2.36. The van der Waals surface area contributed by atoms with Crippen molar-refractivity contribution >= 4 is 15.6 Å². The second-order valence-electron chi connectivity index (χ2n) is 8.61. The van der Waals surface area contributed by atoms with E-state index in [1.165, 1.54) is 13.8 Å². The van der Waals surface area contributed by atoms with Crippen molar-refractivity contribution in [2.45, 2.75) is 69.6 Å². The molecule has 2 aromatic rings. The van der Waals surface area contributed by atoms with E-state index in [9.17, 15) is 23.6 Å². The van der Waals surface area contributed by atoms with Crippen LogP contribution in [0.4, 0.5) is 0 Å². The second-order valence-corrected chi connectivity index (χ2v) is 10.5. The molecular formula is C22H24N2O5S. The molecule has 158 valence electrons. The Morgan fingerprint density at radius 3 is 2.23 bits per heavy atom. The molecule has 0 amide bonds. The number of nitrogens with zero attached hydrogens (tertiary/aromatic N) is 2. The lowest BCUT2D eigenvalue weighted by Gasteiger charge is -2.16. The molecule has 0 radical (unpaired) electrons. The Balaban J connectivity index is 1.61. The molecule has 0 unspecified atom stereocenters. The fourth-order valence-electron chi connectivity index (χ4n) is 4.62. The highest BCUT2D eigenvalue weighted by atomic mass is 32.2. The predicted molar refractivity (Wildman–Crippen MR) is 108 cm³/mol. The first-order valence-electron chi connectivity index (χ1n) is 10.1. The number of nitriles is 1. The van der Waals surface area contributed by atoms with Gasteiger partial charge in [0.25, 0.3) is 0 Å². The summed E-state index contributed by atoms with van der Waals surface area (Å²) in [5.41, 5.74) is 4.57. The molecule has 0 bridgehead atoms. The molecule has 1 heterocycles. The van der Waals surface area contributed by atoms with Crippen LogP contribution >= 0.6 is 0 Å². The van der Waals surface area contributed by atoms with Gasteiger partial charge in [0.15, 0.2) is 11.5 Å². The van der Waals surface area contributed by atoms with Crippen molar-refractivity contribution in [2.24, 2.45) is 0 Å². The van der Waals surface area contributed by atoms with Crippen molar-refractivity contribution in [1.82, 2.24) is 4.98 Å². The highest BCUT2D eigenvalue weighted by Gasteiger charge is 2.32. The minimum Gasteiger partial charge on any atom is -0.430 e. The van der Waals surface area contributed by atoms with Crippen molar-refractivity contribution in [3.8, 4) is 6.07 Å². The zero-order valence-electron chi connectivity index (χ0n) is 17.1. The van der Waals surface area contributed by atoms with Gasteiger partial charge in [0.05, 0.1) is 17.8 Å². The Bertz CT molecular complexity index is 1140. The number of hydrogen-bond donors (Lipinski definition) is 1. The first-order valence-corrected chi connectivity index (χ1v) is 11.8. The minimum atomic E-state index is -4.05. The second kappa shape index (κ2) is 7.33. The topological polar surface area (TPSA) is 121 Å². The van der Waals surface area contributed by atoms with Crippen LogP contribution in [0.2, 0.25) is 0 Å². The normalized spacial score (nSPS) is 15.7. The Kier molecular flexibility index (Phi) is 5.07. The highest BCUT2D eigenvalue weighted by Crippen LogP contribution is 2.38. The van der Waals surface area contributed by atoms with Crippen LogP contribution in [0.5, 0.6) is 0 Å². The number of fused-ring (bicyclic) bond motifs is 2. The average Bonchev–Trinajstić information content (AvgIpc) is 3.40. The molecule has 0 spiro atoms. The maximum absolute atomic E-state index is 12.8. The number of rotatable bonds is 6. The first kappa shape index (κ1) is 20.8. The van der Waals surface area contributed by atoms with E-state index in [0.29, 0.717) is 0 Å². The van der Waals surface area contributed by atoms with E-state index in [1.54, 1.807) is 0 Å². The van der Waals surface area contributed by atoms with E-state index in [4.69, 9.17) is 4.42 Å². The van der Waals surface area contributed by atoms with Crippen LogP contribution < -0.4 is 0 Å². The molecule has 0 aliphatic heterocycles. The van der Waals surface area contributed by atoms with E-state index < -0.39 is 32.2 Å². The van der Waals surface area contributed by atoms with Crippen LogP contribution in [0.15, 0.2) is 15.8 Å². The number of hydrogen-bond acceptors (Lipinski definition) is 7. The SMILES string of the molecule is CC(C)(O)c1cnc(S(=O)(=O)CC(=O)Cc2c3c(c(C#N)c4c2CCC4)CCC3)o1. The van der Waals surface area contributed by atoms with Gasteiger partial charge in [-0.3, -0.25) is 4.79 Å². The molecule has 1 aromatic heterocycles. The number of ketones is 1. The number of carbonyl (C=O) groups excluding carboxylic acids is 1. The van der Waals surface area contributed by atoms with Crippen LogP contribution in [-0.4, -0.2) is 30.0 Å². The van der Waals surface area contributed by atoms with Gasteiger partial charge in [0.2, 0.25) is 9.84 Å². The van der Waals surface area contributed by atoms with Crippen molar-refractivity contribution in [3.63, 3.8) is 0 Å². The summed E-state index contributed by atoms with van der Waals surface area (Å²) in [7, 11) is -4.05. The molecule has 2 aliphatic carbocycles. The van der Waals surface area contributed by atoms with Gasteiger partial charge >= 0.3 is 5.22 Å². The molecule has 8 heteroatoms. The number of sulfone groups is 1. The van der Waals surface area contributed by atoms with Crippen LogP contribution in [0.25, 0.3) is 0 Å². The summed E-state index contributed by atoms with van der Waals surface area (Å²) < 4.78 is 30.5. The van der Waals surface area contributed by atoms with Crippen LogP contribution in [0, 0.1) is 11.3 Å². The van der Waals surface area contributed by atoms with Gasteiger partial charge in [0, 0.05) is 6.42 Å². The van der Waals surface area contributed by atoms with E-state index in [0.717, 1.165) is 78.1 Å². The lowest BCUT2D eigenvalue weighted by atomic mass is 9.87. The number of Topliss-reactive ketones (excluding diaryl/α,β-unsaturated/α-hetero) is 1. The van der Waals surface area contributed by atoms with E-state index in [1.807, 2.05) is 0 Å². The maximum atomic E-state index is 12.8. The third-order valence-corrected chi connectivity index (χ3v) is 7.38. The molecule has 2 aliphatic rings. The van der Waals surface area contributed by atoms with Gasteiger partial charge in [-0.05, 0) is 80.2 Å². The Morgan fingerprint density at radius 1 is 1.17 bits per heavy atom. The Labute approximate surface area is 175 Å². The van der Waals surface area contributed by atoms with Crippen LogP contribution in [0.1, 0.15) is 65.8 Å². The molecule has 1 N–H and O–H groups in total. The van der Waals surface area contributed by atoms with Crippen molar-refractivity contribution in [3.05, 3.63) is 45.3 Å². The maximum Gasteiger partial charge on any atom is 0.315 e. The van der Waals surface area contributed by atoms with Gasteiger partial charge in [-0.25, -0.2) is 13.4 Å². The van der Waals surface area contributed by atoms with Gasteiger partial charge in [-0.1, -0.05) is 0 Å². The Morgan fingerprint density at radius 2 is 1.73 bits per heavy atom. The standard InChI is InChI=1S/C22H24N2O5S/c1-22(2,26)20-11-24-21(29-20)30(27,28)12-13(25)9-18-14-5-3-7-16(14)19(10-23)17-8-4-6-15(17)18/h11,26H,3-9,12H2,1-2H3. The molecule has 0 saturated heterocycles. The third-order valence-electron chi connectivity index (χ3n) is 5.96. The molecule has 1 aromatic carbocycles. The molecule has 0 saturated carbocycles. The fraction of sp³-hybridized carbons (Fsp3) is 0.500. The zero-order chi connectivity index (χ0) is 21.7. The number of aromatic nitrogens is 1. The van der Waals surface area contributed by atoms with E-state index >= 15 is 0 Å². The summed E-state index contributed by atoms with van der Waals surface area (Å²) >= 11 is 0. The van der Waals surface area contributed by atoms with Gasteiger partial charge in [-0.2, -0.15) is 5.26 Å². The zero-order valence-corrected chi connectivity index (χ0v) is 17.9. The lowest BCUT2D eigenvalue weighted by molar-refractivity contribution is -0.116. The van der Waals surface area contributed by atoms with Gasteiger partial charge in [0.1, 0.15) is 11.4 Å². The van der Waals surface area contributed by atoms with E-state index in [2.05, 4.69) is 11.1 Å². The van der Waals surface area contributed by atoms with Crippen molar-refractivity contribution in [2.75, 3.05) is 5.75 Å². The quantitative estimate of drug-likeness (QED) is 0.749. The lowest BCUT2D eigenvalue weighted by Crippen LogP contribution is -2.20. The summed E-state index contributed by atoms with van der Waals surface area (Å²) in [6.07, 6.45) is 6.40. The number of benzene rings is 1. The van der Waals surface area contributed by atoms with Crippen molar-refractivity contribution in [1.29, 1.82) is 5.26 Å². The molecule has 4 rings (SSSR count). The smallest absolute Gasteiger partial charge is 0.315 e. The van der Waals surface area contributed by atoms with Gasteiger partial charge in [-0.15, -0.1) is 0 Å². The summed E-state index contributed by atoms with van der Waals surface area (Å²) in [5, 5.41) is 19.0. The van der Waals surface area contributed by atoms with Gasteiger partial charge < -0.3 is 9.52 Å². The predicted octanol–water partition coefficient (Wildman–Crippen LogP) is 2.34. The summed E-state index contributed by atoms with van der Waals surface area (Å²) in [5.74, 6) is -1.11. The monoisotopic (exact) mass is 428 g/mol. The molecular weight excluding hydrogens is 404 g/mol.